The minimum absolute atomic E-state index is 0.194. The van der Waals surface area contributed by atoms with Gasteiger partial charge in [-0.3, -0.25) is 9.48 Å². The molecule has 0 aliphatic heterocycles. The number of amides is 1. The van der Waals surface area contributed by atoms with Crippen LogP contribution in [0, 0.1) is 5.82 Å². The van der Waals surface area contributed by atoms with Crippen LogP contribution in [0.2, 0.25) is 0 Å². The molecule has 0 saturated carbocycles. The van der Waals surface area contributed by atoms with E-state index in [0.29, 0.717) is 12.1 Å². The number of aryl methyl sites for hydroxylation is 1. The van der Waals surface area contributed by atoms with Gasteiger partial charge < -0.3 is 5.32 Å². The minimum atomic E-state index is -0.441. The Balaban J connectivity index is 1.83. The molecule has 2 aromatic rings. The molecule has 4 nitrogen and oxygen atoms in total. The molecular weight excluding hydrogens is 313 g/mol. The molecule has 19 heavy (non-hydrogen) atoms. The van der Waals surface area contributed by atoms with Crippen LogP contribution in [0.25, 0.3) is 0 Å². The standard InChI is InChI=1S/C13H13BrFN3O/c14-12-10(4-1-5-11(12)15)13(19)16-6-2-8-18-9-3-7-17-18/h1,3-5,7,9H,2,6,8H2,(H,16,19). The zero-order valence-corrected chi connectivity index (χ0v) is 11.7. The highest BCUT2D eigenvalue weighted by molar-refractivity contribution is 9.10. The molecule has 6 heteroatoms. The normalized spacial score (nSPS) is 10.4. The summed E-state index contributed by atoms with van der Waals surface area (Å²) in [6, 6.07) is 6.25. The first-order valence-corrected chi connectivity index (χ1v) is 6.67. The fourth-order valence-electron chi connectivity index (χ4n) is 1.65. The molecule has 0 radical (unpaired) electrons. The van der Waals surface area contributed by atoms with Crippen molar-refractivity contribution in [3.63, 3.8) is 0 Å². The fourth-order valence-corrected chi connectivity index (χ4v) is 2.09. The molecule has 0 atom stereocenters. The van der Waals surface area contributed by atoms with Gasteiger partial charge in [-0.1, -0.05) is 6.07 Å². The number of nitrogens with one attached hydrogen (secondary N) is 1. The zero-order chi connectivity index (χ0) is 13.7. The number of halogens is 2. The third kappa shape index (κ3) is 3.64. The quantitative estimate of drug-likeness (QED) is 0.859. The molecule has 1 aromatic heterocycles. The fraction of sp³-hybridized carbons (Fsp3) is 0.231. The molecule has 0 bridgehead atoms. The lowest BCUT2D eigenvalue weighted by Gasteiger charge is -2.07. The predicted molar refractivity (Wildman–Crippen MR) is 73.3 cm³/mol. The van der Waals surface area contributed by atoms with Gasteiger partial charge in [0.25, 0.3) is 5.91 Å². The van der Waals surface area contributed by atoms with E-state index in [4.69, 9.17) is 0 Å². The van der Waals surface area contributed by atoms with Gasteiger partial charge in [0.2, 0.25) is 0 Å². The van der Waals surface area contributed by atoms with Gasteiger partial charge in [-0.15, -0.1) is 0 Å². The number of carbonyl (C=O) groups is 1. The van der Waals surface area contributed by atoms with E-state index in [1.807, 2.05) is 12.3 Å². The molecule has 2 rings (SSSR count). The maximum absolute atomic E-state index is 13.3. The average molecular weight is 326 g/mol. The first kappa shape index (κ1) is 13.7. The Kier molecular flexibility index (Phi) is 4.68. The van der Waals surface area contributed by atoms with Crippen molar-refractivity contribution < 1.29 is 9.18 Å². The number of hydrogen-bond acceptors (Lipinski definition) is 2. The molecule has 0 spiro atoms. The lowest BCUT2D eigenvalue weighted by molar-refractivity contribution is 0.0951. The van der Waals surface area contributed by atoms with Crippen molar-refractivity contribution in [2.75, 3.05) is 6.54 Å². The Bertz CT molecular complexity index is 557. The number of carbonyl (C=O) groups excluding carboxylic acids is 1. The molecule has 0 unspecified atom stereocenters. The summed E-state index contributed by atoms with van der Waals surface area (Å²) >= 11 is 3.07. The van der Waals surface area contributed by atoms with Crippen LogP contribution in [0.1, 0.15) is 16.8 Å². The van der Waals surface area contributed by atoms with Crippen molar-refractivity contribution in [3.8, 4) is 0 Å². The first-order valence-electron chi connectivity index (χ1n) is 5.88. The molecule has 100 valence electrons. The van der Waals surface area contributed by atoms with Crippen LogP contribution in [0.5, 0.6) is 0 Å². The maximum atomic E-state index is 13.3. The number of aromatic nitrogens is 2. The van der Waals surface area contributed by atoms with Crippen LogP contribution in [0.3, 0.4) is 0 Å². The second kappa shape index (κ2) is 6.47. The van der Waals surface area contributed by atoms with Crippen LogP contribution in [0.15, 0.2) is 41.1 Å². The summed E-state index contributed by atoms with van der Waals surface area (Å²) < 4.78 is 15.3. The van der Waals surface area contributed by atoms with Crippen molar-refractivity contribution in [1.29, 1.82) is 0 Å². The Morgan fingerprint density at radius 3 is 3.00 bits per heavy atom. The van der Waals surface area contributed by atoms with Gasteiger partial charge in [-0.2, -0.15) is 5.10 Å². The zero-order valence-electron chi connectivity index (χ0n) is 10.1. The highest BCUT2D eigenvalue weighted by atomic mass is 79.9. The van der Waals surface area contributed by atoms with E-state index in [1.54, 1.807) is 16.9 Å². The lowest BCUT2D eigenvalue weighted by atomic mass is 10.2. The van der Waals surface area contributed by atoms with Crippen molar-refractivity contribution in [2.45, 2.75) is 13.0 Å². The molecule has 0 aliphatic rings. The summed E-state index contributed by atoms with van der Waals surface area (Å²) in [5.74, 6) is -0.726. The Hall–Kier alpha value is -1.69. The van der Waals surface area contributed by atoms with E-state index in [2.05, 4.69) is 26.3 Å². The van der Waals surface area contributed by atoms with Crippen molar-refractivity contribution in [2.24, 2.45) is 0 Å². The molecule has 0 aliphatic carbocycles. The summed E-state index contributed by atoms with van der Waals surface area (Å²) in [6.07, 6.45) is 4.34. The van der Waals surface area contributed by atoms with Gasteiger partial charge >= 0.3 is 0 Å². The van der Waals surface area contributed by atoms with Crippen LogP contribution in [-0.2, 0) is 6.54 Å². The van der Waals surface area contributed by atoms with E-state index < -0.39 is 5.82 Å². The monoisotopic (exact) mass is 325 g/mol. The number of benzene rings is 1. The van der Waals surface area contributed by atoms with E-state index >= 15 is 0 Å². The molecule has 0 saturated heterocycles. The number of hydrogen-bond donors (Lipinski definition) is 1. The van der Waals surface area contributed by atoms with E-state index in [1.165, 1.54) is 12.1 Å². The van der Waals surface area contributed by atoms with Crippen molar-refractivity contribution in [1.82, 2.24) is 15.1 Å². The van der Waals surface area contributed by atoms with Gasteiger partial charge in [0, 0.05) is 25.5 Å². The second-order valence-electron chi connectivity index (χ2n) is 3.98. The summed E-state index contributed by atoms with van der Waals surface area (Å²) in [5.41, 5.74) is 0.305. The predicted octanol–water partition coefficient (Wildman–Crippen LogP) is 2.60. The third-order valence-corrected chi connectivity index (χ3v) is 3.41. The number of rotatable bonds is 5. The van der Waals surface area contributed by atoms with E-state index in [-0.39, 0.29) is 10.4 Å². The molecule has 0 fully saturated rings. The van der Waals surface area contributed by atoms with Crippen LogP contribution >= 0.6 is 15.9 Å². The summed E-state index contributed by atoms with van der Waals surface area (Å²) in [4.78, 5) is 11.8. The largest absolute Gasteiger partial charge is 0.352 e. The van der Waals surface area contributed by atoms with Gasteiger partial charge in [0.15, 0.2) is 0 Å². The number of nitrogens with zero attached hydrogens (tertiary/aromatic N) is 2. The second-order valence-corrected chi connectivity index (χ2v) is 4.77. The molecule has 1 N–H and O–H groups in total. The van der Waals surface area contributed by atoms with Gasteiger partial charge in [-0.25, -0.2) is 4.39 Å². The smallest absolute Gasteiger partial charge is 0.252 e. The topological polar surface area (TPSA) is 46.9 Å². The Labute approximate surface area is 118 Å². The molecular formula is C13H13BrFN3O. The summed E-state index contributed by atoms with van der Waals surface area (Å²) in [5, 5.41) is 6.82. The van der Waals surface area contributed by atoms with Crippen LogP contribution < -0.4 is 5.32 Å². The van der Waals surface area contributed by atoms with Crippen molar-refractivity contribution >= 4 is 21.8 Å². The lowest BCUT2D eigenvalue weighted by Crippen LogP contribution is -2.25. The molecule has 1 heterocycles. The maximum Gasteiger partial charge on any atom is 0.252 e. The highest BCUT2D eigenvalue weighted by Crippen LogP contribution is 2.20. The molecule has 1 aromatic carbocycles. The summed E-state index contributed by atoms with van der Waals surface area (Å²) in [7, 11) is 0. The van der Waals surface area contributed by atoms with E-state index in [0.717, 1.165) is 13.0 Å². The van der Waals surface area contributed by atoms with Crippen LogP contribution in [-0.4, -0.2) is 22.2 Å². The highest BCUT2D eigenvalue weighted by Gasteiger charge is 2.12. The first-order chi connectivity index (χ1) is 9.18. The van der Waals surface area contributed by atoms with E-state index in [9.17, 15) is 9.18 Å². The van der Waals surface area contributed by atoms with Gasteiger partial charge in [0.05, 0.1) is 10.0 Å². The Morgan fingerprint density at radius 2 is 2.26 bits per heavy atom. The van der Waals surface area contributed by atoms with Gasteiger partial charge in [0.1, 0.15) is 5.82 Å². The third-order valence-electron chi connectivity index (χ3n) is 2.60. The molecule has 1 amide bonds. The van der Waals surface area contributed by atoms with Gasteiger partial charge in [-0.05, 0) is 40.5 Å². The minimum Gasteiger partial charge on any atom is -0.352 e. The SMILES string of the molecule is O=C(NCCCn1cccn1)c1cccc(F)c1Br. The Morgan fingerprint density at radius 1 is 1.42 bits per heavy atom. The van der Waals surface area contributed by atoms with Crippen molar-refractivity contribution in [3.05, 3.63) is 52.5 Å². The van der Waals surface area contributed by atoms with Crippen LogP contribution in [0.4, 0.5) is 4.39 Å². The summed E-state index contributed by atoms with van der Waals surface area (Å²) in [6.45, 7) is 1.25. The average Bonchev–Trinajstić information content (AvgIpc) is 2.91.